The first-order valence-corrected chi connectivity index (χ1v) is 27.2. The van der Waals surface area contributed by atoms with E-state index in [1.807, 2.05) is 0 Å². The van der Waals surface area contributed by atoms with Crippen LogP contribution in [0, 0.1) is 0 Å². The van der Waals surface area contributed by atoms with Crippen molar-refractivity contribution in [2.24, 2.45) is 0 Å². The van der Waals surface area contributed by atoms with E-state index in [9.17, 15) is 14.7 Å². The van der Waals surface area contributed by atoms with Crippen molar-refractivity contribution >= 4 is 11.9 Å². The highest BCUT2D eigenvalue weighted by molar-refractivity contribution is 5.70. The van der Waals surface area contributed by atoms with E-state index in [0.29, 0.717) is 12.8 Å². The standard InChI is InChI=1S/C57H104O5/c1-3-5-7-9-11-13-15-17-19-21-23-25-26-27-28-29-30-32-33-35-37-39-41-43-45-47-49-51-56(59)61-54-55(53-58)62-57(60)52-50-48-46-44-42-40-38-36-34-31-24-22-20-18-16-14-12-10-8-6-4-2/h16,18,21-24,34,36,55,58H,3-15,17,19-20,25-33,35,37-54H2,1-2H3/b18-16-,23-21-,24-22-,36-34-. The number of allylic oxidation sites excluding steroid dienone is 8. The quantitative estimate of drug-likeness (QED) is 0.0375. The van der Waals surface area contributed by atoms with Crippen LogP contribution >= 0.6 is 0 Å². The summed E-state index contributed by atoms with van der Waals surface area (Å²) in [7, 11) is 0. The lowest BCUT2D eigenvalue weighted by atomic mass is 10.0. The van der Waals surface area contributed by atoms with E-state index in [2.05, 4.69) is 62.5 Å². The van der Waals surface area contributed by atoms with Gasteiger partial charge >= 0.3 is 11.9 Å². The fraction of sp³-hybridized carbons (Fsp3) is 0.825. The van der Waals surface area contributed by atoms with E-state index in [0.717, 1.165) is 57.8 Å². The first-order chi connectivity index (χ1) is 30.6. The predicted octanol–water partition coefficient (Wildman–Crippen LogP) is 18.1. The number of hydrogen-bond donors (Lipinski definition) is 1. The number of aliphatic hydroxyl groups is 1. The molecule has 0 aliphatic rings. The van der Waals surface area contributed by atoms with Crippen molar-refractivity contribution in [2.75, 3.05) is 13.2 Å². The van der Waals surface area contributed by atoms with Gasteiger partial charge in [0.15, 0.2) is 6.10 Å². The lowest BCUT2D eigenvalue weighted by molar-refractivity contribution is -0.161. The second kappa shape index (κ2) is 53.2. The topological polar surface area (TPSA) is 72.8 Å². The van der Waals surface area contributed by atoms with Gasteiger partial charge in [-0.25, -0.2) is 0 Å². The summed E-state index contributed by atoms with van der Waals surface area (Å²) in [5.74, 6) is -0.595. The smallest absolute Gasteiger partial charge is 0.306 e. The van der Waals surface area contributed by atoms with Gasteiger partial charge in [0.2, 0.25) is 0 Å². The van der Waals surface area contributed by atoms with Crippen molar-refractivity contribution in [2.45, 2.75) is 290 Å². The average molecular weight is 869 g/mol. The molecule has 0 saturated heterocycles. The maximum absolute atomic E-state index is 12.3. The van der Waals surface area contributed by atoms with Gasteiger partial charge in [-0.3, -0.25) is 9.59 Å². The van der Waals surface area contributed by atoms with Crippen molar-refractivity contribution in [1.82, 2.24) is 0 Å². The van der Waals surface area contributed by atoms with E-state index < -0.39 is 6.10 Å². The van der Waals surface area contributed by atoms with Crippen LogP contribution in [0.1, 0.15) is 284 Å². The summed E-state index contributed by atoms with van der Waals surface area (Å²) in [5, 5.41) is 9.64. The summed E-state index contributed by atoms with van der Waals surface area (Å²) in [5.41, 5.74) is 0. The number of ether oxygens (including phenoxy) is 2. The molecular formula is C57H104O5. The summed E-state index contributed by atoms with van der Waals surface area (Å²) >= 11 is 0. The number of aliphatic hydroxyl groups excluding tert-OH is 1. The molecule has 0 rings (SSSR count). The molecule has 1 atom stereocenters. The third kappa shape index (κ3) is 50.5. The van der Waals surface area contributed by atoms with Gasteiger partial charge in [-0.2, -0.15) is 0 Å². The molecule has 62 heavy (non-hydrogen) atoms. The van der Waals surface area contributed by atoms with Crippen molar-refractivity contribution in [1.29, 1.82) is 0 Å². The van der Waals surface area contributed by atoms with Gasteiger partial charge in [0.1, 0.15) is 6.61 Å². The Labute approximate surface area is 386 Å². The monoisotopic (exact) mass is 869 g/mol. The zero-order valence-corrected chi connectivity index (χ0v) is 41.4. The van der Waals surface area contributed by atoms with Crippen LogP contribution in [0.15, 0.2) is 48.6 Å². The molecule has 0 aromatic heterocycles. The number of unbranched alkanes of at least 4 members (excludes halogenated alkanes) is 34. The molecule has 1 unspecified atom stereocenters. The Kier molecular flexibility index (Phi) is 51.4. The minimum Gasteiger partial charge on any atom is -0.462 e. The molecule has 362 valence electrons. The first-order valence-electron chi connectivity index (χ1n) is 27.2. The second-order valence-electron chi connectivity index (χ2n) is 18.3. The maximum atomic E-state index is 12.3. The van der Waals surface area contributed by atoms with Crippen molar-refractivity contribution < 1.29 is 24.2 Å². The Morgan fingerprint density at radius 2 is 0.645 bits per heavy atom. The Morgan fingerprint density at radius 3 is 0.984 bits per heavy atom. The highest BCUT2D eigenvalue weighted by atomic mass is 16.6. The highest BCUT2D eigenvalue weighted by Gasteiger charge is 2.16. The number of carbonyl (C=O) groups excluding carboxylic acids is 2. The van der Waals surface area contributed by atoms with Crippen molar-refractivity contribution in [3.63, 3.8) is 0 Å². The molecule has 0 aromatic rings. The zero-order chi connectivity index (χ0) is 44.9. The molecule has 0 amide bonds. The molecule has 0 aliphatic heterocycles. The molecule has 0 saturated carbocycles. The first kappa shape index (κ1) is 59.9. The number of esters is 2. The molecule has 0 aromatic carbocycles. The van der Waals surface area contributed by atoms with Gasteiger partial charge in [0.25, 0.3) is 0 Å². The minimum atomic E-state index is -0.779. The van der Waals surface area contributed by atoms with Crippen molar-refractivity contribution in [3.05, 3.63) is 48.6 Å². The lowest BCUT2D eigenvalue weighted by Gasteiger charge is -2.15. The van der Waals surface area contributed by atoms with Crippen LogP contribution < -0.4 is 0 Å². The maximum Gasteiger partial charge on any atom is 0.306 e. The molecule has 5 heteroatoms. The zero-order valence-electron chi connectivity index (χ0n) is 41.4. The third-order valence-electron chi connectivity index (χ3n) is 12.1. The number of carbonyl (C=O) groups is 2. The normalized spacial score (nSPS) is 12.5. The van der Waals surface area contributed by atoms with Crippen LogP contribution in [-0.2, 0) is 19.1 Å². The summed E-state index contributed by atoms with van der Waals surface area (Å²) in [6.45, 7) is 4.15. The summed E-state index contributed by atoms with van der Waals surface area (Å²) in [6, 6.07) is 0. The Morgan fingerprint density at radius 1 is 0.371 bits per heavy atom. The molecule has 0 bridgehead atoms. The largest absolute Gasteiger partial charge is 0.462 e. The lowest BCUT2D eigenvalue weighted by Crippen LogP contribution is -2.28. The van der Waals surface area contributed by atoms with Crippen LogP contribution in [0.4, 0.5) is 0 Å². The van der Waals surface area contributed by atoms with E-state index >= 15 is 0 Å². The third-order valence-corrected chi connectivity index (χ3v) is 12.1. The SMILES string of the molecule is CCCCCCC/C=C\C/C=C\C/C=C\CCCCCCCCC(=O)OC(CO)COC(=O)CCCCCCCCCCCCCCCCC/C=C\CCCCCCCCCC. The summed E-state index contributed by atoms with van der Waals surface area (Å²) in [6.07, 6.45) is 69.3. The van der Waals surface area contributed by atoms with Crippen LogP contribution in [0.5, 0.6) is 0 Å². The molecule has 0 fully saturated rings. The molecular weight excluding hydrogens is 765 g/mol. The molecule has 0 spiro atoms. The number of rotatable bonds is 50. The minimum absolute atomic E-state index is 0.0697. The van der Waals surface area contributed by atoms with E-state index in [1.165, 1.54) is 199 Å². The molecule has 0 heterocycles. The van der Waals surface area contributed by atoms with Gasteiger partial charge in [-0.05, 0) is 77.0 Å². The molecule has 1 N–H and O–H groups in total. The molecule has 5 nitrogen and oxygen atoms in total. The molecule has 0 aliphatic carbocycles. The van der Waals surface area contributed by atoms with Gasteiger partial charge in [0, 0.05) is 12.8 Å². The van der Waals surface area contributed by atoms with Gasteiger partial charge in [0.05, 0.1) is 6.61 Å². The summed E-state index contributed by atoms with van der Waals surface area (Å²) in [4.78, 5) is 24.5. The fourth-order valence-corrected chi connectivity index (χ4v) is 7.97. The van der Waals surface area contributed by atoms with Crippen molar-refractivity contribution in [3.8, 4) is 0 Å². The van der Waals surface area contributed by atoms with Gasteiger partial charge < -0.3 is 14.6 Å². The second-order valence-corrected chi connectivity index (χ2v) is 18.3. The van der Waals surface area contributed by atoms with Gasteiger partial charge in [-0.15, -0.1) is 0 Å². The van der Waals surface area contributed by atoms with E-state index in [1.54, 1.807) is 0 Å². The average Bonchev–Trinajstić information content (AvgIpc) is 3.28. The van der Waals surface area contributed by atoms with Crippen LogP contribution in [-0.4, -0.2) is 36.4 Å². The number of hydrogen-bond acceptors (Lipinski definition) is 5. The van der Waals surface area contributed by atoms with Crippen LogP contribution in [0.3, 0.4) is 0 Å². The Bertz CT molecular complexity index is 1030. The predicted molar refractivity (Wildman–Crippen MR) is 270 cm³/mol. The fourth-order valence-electron chi connectivity index (χ4n) is 7.97. The highest BCUT2D eigenvalue weighted by Crippen LogP contribution is 2.16. The van der Waals surface area contributed by atoms with Crippen LogP contribution in [0.25, 0.3) is 0 Å². The van der Waals surface area contributed by atoms with E-state index in [-0.39, 0.29) is 25.2 Å². The van der Waals surface area contributed by atoms with Gasteiger partial charge in [-0.1, -0.05) is 242 Å². The van der Waals surface area contributed by atoms with E-state index in [4.69, 9.17) is 9.47 Å². The molecule has 0 radical (unpaired) electrons. The Balaban J connectivity index is 3.49. The Hall–Kier alpha value is -2.14. The van der Waals surface area contributed by atoms with Crippen LogP contribution in [0.2, 0.25) is 0 Å². The summed E-state index contributed by atoms with van der Waals surface area (Å²) < 4.78 is 10.7.